The zero-order valence-corrected chi connectivity index (χ0v) is 15.2. The number of rotatable bonds is 5. The first-order valence-corrected chi connectivity index (χ1v) is 8.76. The predicted molar refractivity (Wildman–Crippen MR) is 110 cm³/mol. The Hall–Kier alpha value is -3.93. The Morgan fingerprint density at radius 2 is 1.86 bits per heavy atom. The van der Waals surface area contributed by atoms with Crippen molar-refractivity contribution in [2.75, 3.05) is 7.11 Å². The van der Waals surface area contributed by atoms with Crippen LogP contribution in [0.5, 0.6) is 5.75 Å². The SMILES string of the molecule is COc1ccccc1-c1cc(C(=O)N/N=C\c2cccc3ccccc23)[nH]n1. The van der Waals surface area contributed by atoms with Crippen molar-refractivity contribution in [2.24, 2.45) is 5.10 Å². The number of aromatic amines is 1. The van der Waals surface area contributed by atoms with Gasteiger partial charge in [0.25, 0.3) is 5.91 Å². The summed E-state index contributed by atoms with van der Waals surface area (Å²) in [6.07, 6.45) is 1.64. The maximum atomic E-state index is 12.4. The minimum Gasteiger partial charge on any atom is -0.496 e. The second-order valence-corrected chi connectivity index (χ2v) is 6.13. The molecule has 0 spiro atoms. The minimum atomic E-state index is -0.370. The maximum Gasteiger partial charge on any atom is 0.289 e. The summed E-state index contributed by atoms with van der Waals surface area (Å²) in [6, 6.07) is 23.1. The monoisotopic (exact) mass is 370 g/mol. The summed E-state index contributed by atoms with van der Waals surface area (Å²) < 4.78 is 5.34. The van der Waals surface area contributed by atoms with Crippen molar-refractivity contribution in [3.05, 3.63) is 84.1 Å². The predicted octanol–water partition coefficient (Wildman–Crippen LogP) is 4.00. The summed E-state index contributed by atoms with van der Waals surface area (Å²) in [5.74, 6) is 0.320. The van der Waals surface area contributed by atoms with E-state index in [4.69, 9.17) is 4.74 Å². The van der Waals surface area contributed by atoms with Gasteiger partial charge in [0.15, 0.2) is 0 Å². The Morgan fingerprint density at radius 3 is 2.75 bits per heavy atom. The van der Waals surface area contributed by atoms with Crippen LogP contribution in [-0.2, 0) is 0 Å². The molecule has 4 rings (SSSR count). The standard InChI is InChI=1S/C22H18N4O2/c1-28-21-12-5-4-11-18(21)19-13-20(25-24-19)22(27)26-23-14-16-9-6-8-15-7-2-3-10-17(15)16/h2-14H,1H3,(H,24,25)(H,26,27)/b23-14-. The number of fused-ring (bicyclic) bond motifs is 1. The average Bonchev–Trinajstić information content (AvgIpc) is 3.24. The normalized spacial score (nSPS) is 11.0. The Kier molecular flexibility index (Phi) is 4.84. The van der Waals surface area contributed by atoms with E-state index in [2.05, 4.69) is 20.7 Å². The highest BCUT2D eigenvalue weighted by atomic mass is 16.5. The fraction of sp³-hybridized carbons (Fsp3) is 0.0455. The van der Waals surface area contributed by atoms with E-state index in [9.17, 15) is 4.79 Å². The van der Waals surface area contributed by atoms with Crippen molar-refractivity contribution >= 4 is 22.9 Å². The number of carbonyl (C=O) groups is 1. The molecule has 2 N–H and O–H groups in total. The van der Waals surface area contributed by atoms with Gasteiger partial charge in [0.1, 0.15) is 11.4 Å². The fourth-order valence-electron chi connectivity index (χ4n) is 3.02. The summed E-state index contributed by atoms with van der Waals surface area (Å²) >= 11 is 0. The molecule has 4 aromatic rings. The smallest absolute Gasteiger partial charge is 0.289 e. The second-order valence-electron chi connectivity index (χ2n) is 6.13. The Balaban J connectivity index is 1.50. The number of amides is 1. The number of hydrazone groups is 1. The number of ether oxygens (including phenoxy) is 1. The molecule has 0 radical (unpaired) electrons. The number of H-pyrrole nitrogens is 1. The van der Waals surface area contributed by atoms with E-state index in [1.54, 1.807) is 19.4 Å². The number of benzene rings is 3. The van der Waals surface area contributed by atoms with Crippen LogP contribution in [0.25, 0.3) is 22.0 Å². The van der Waals surface area contributed by atoms with Gasteiger partial charge in [0.2, 0.25) is 0 Å². The van der Waals surface area contributed by atoms with Crippen LogP contribution in [0, 0.1) is 0 Å². The van der Waals surface area contributed by atoms with E-state index < -0.39 is 0 Å². The average molecular weight is 370 g/mol. The number of nitrogens with one attached hydrogen (secondary N) is 2. The molecule has 0 aliphatic heterocycles. The van der Waals surface area contributed by atoms with Crippen LogP contribution in [0.15, 0.2) is 77.9 Å². The molecule has 0 unspecified atom stereocenters. The van der Waals surface area contributed by atoms with Crippen molar-refractivity contribution in [1.82, 2.24) is 15.6 Å². The highest BCUT2D eigenvalue weighted by Gasteiger charge is 2.13. The molecule has 1 heterocycles. The van der Waals surface area contributed by atoms with Gasteiger partial charge in [-0.1, -0.05) is 54.6 Å². The zero-order chi connectivity index (χ0) is 19.3. The van der Waals surface area contributed by atoms with Crippen molar-refractivity contribution in [1.29, 1.82) is 0 Å². The van der Waals surface area contributed by atoms with Crippen LogP contribution >= 0.6 is 0 Å². The van der Waals surface area contributed by atoms with Gasteiger partial charge in [-0.15, -0.1) is 0 Å². The lowest BCUT2D eigenvalue weighted by molar-refractivity contribution is 0.0950. The van der Waals surface area contributed by atoms with E-state index in [1.807, 2.05) is 66.7 Å². The van der Waals surface area contributed by atoms with Gasteiger partial charge >= 0.3 is 0 Å². The molecule has 0 aliphatic carbocycles. The lowest BCUT2D eigenvalue weighted by Gasteiger charge is -2.04. The Bertz CT molecular complexity index is 1160. The number of hydrogen-bond acceptors (Lipinski definition) is 4. The van der Waals surface area contributed by atoms with Crippen LogP contribution in [0.3, 0.4) is 0 Å². The Morgan fingerprint density at radius 1 is 1.07 bits per heavy atom. The largest absolute Gasteiger partial charge is 0.496 e. The molecule has 0 aliphatic rings. The fourth-order valence-corrected chi connectivity index (χ4v) is 3.02. The quantitative estimate of drug-likeness (QED) is 0.412. The number of carbonyl (C=O) groups excluding carboxylic acids is 1. The molecule has 1 aromatic heterocycles. The van der Waals surface area contributed by atoms with E-state index >= 15 is 0 Å². The maximum absolute atomic E-state index is 12.4. The van der Waals surface area contributed by atoms with Crippen LogP contribution in [0.4, 0.5) is 0 Å². The minimum absolute atomic E-state index is 0.316. The van der Waals surface area contributed by atoms with Gasteiger partial charge in [-0.05, 0) is 29.0 Å². The van der Waals surface area contributed by atoms with E-state index in [1.165, 1.54) is 0 Å². The first-order chi connectivity index (χ1) is 13.8. The van der Waals surface area contributed by atoms with Gasteiger partial charge in [-0.3, -0.25) is 9.89 Å². The highest BCUT2D eigenvalue weighted by Crippen LogP contribution is 2.28. The lowest BCUT2D eigenvalue weighted by Crippen LogP contribution is -2.18. The molecule has 28 heavy (non-hydrogen) atoms. The second kappa shape index (κ2) is 7.75. The third-order valence-electron chi connectivity index (χ3n) is 4.40. The highest BCUT2D eigenvalue weighted by molar-refractivity contribution is 6.00. The van der Waals surface area contributed by atoms with Crippen LogP contribution < -0.4 is 10.2 Å². The molecular formula is C22H18N4O2. The summed E-state index contributed by atoms with van der Waals surface area (Å²) in [5, 5.41) is 13.2. The lowest BCUT2D eigenvalue weighted by atomic mass is 10.1. The molecule has 1 amide bonds. The van der Waals surface area contributed by atoms with Crippen LogP contribution in [0.2, 0.25) is 0 Å². The number of nitrogens with zero attached hydrogens (tertiary/aromatic N) is 2. The number of para-hydroxylation sites is 1. The van der Waals surface area contributed by atoms with Gasteiger partial charge in [0, 0.05) is 11.1 Å². The first kappa shape index (κ1) is 17.5. The molecule has 0 atom stereocenters. The summed E-state index contributed by atoms with van der Waals surface area (Å²) in [5.41, 5.74) is 5.21. The van der Waals surface area contributed by atoms with Gasteiger partial charge < -0.3 is 4.74 Å². The van der Waals surface area contributed by atoms with E-state index in [-0.39, 0.29) is 5.91 Å². The Labute approximate surface area is 161 Å². The summed E-state index contributed by atoms with van der Waals surface area (Å²) in [7, 11) is 1.60. The third kappa shape index (κ3) is 3.48. The number of methoxy groups -OCH3 is 1. The van der Waals surface area contributed by atoms with Gasteiger partial charge in [-0.2, -0.15) is 10.2 Å². The molecule has 0 saturated heterocycles. The summed E-state index contributed by atoms with van der Waals surface area (Å²) in [4.78, 5) is 12.4. The van der Waals surface area contributed by atoms with Crippen molar-refractivity contribution in [3.8, 4) is 17.0 Å². The zero-order valence-electron chi connectivity index (χ0n) is 15.2. The summed E-state index contributed by atoms with van der Waals surface area (Å²) in [6.45, 7) is 0. The number of hydrogen-bond donors (Lipinski definition) is 2. The molecule has 0 fully saturated rings. The molecule has 138 valence electrons. The van der Waals surface area contributed by atoms with Gasteiger partial charge in [-0.25, -0.2) is 5.43 Å². The molecular weight excluding hydrogens is 352 g/mol. The van der Waals surface area contributed by atoms with E-state index in [0.717, 1.165) is 21.9 Å². The van der Waals surface area contributed by atoms with E-state index in [0.29, 0.717) is 17.1 Å². The molecule has 6 heteroatoms. The number of aromatic nitrogens is 2. The topological polar surface area (TPSA) is 79.4 Å². The van der Waals surface area contributed by atoms with Crippen LogP contribution in [-0.4, -0.2) is 29.4 Å². The molecule has 0 saturated carbocycles. The third-order valence-corrected chi connectivity index (χ3v) is 4.40. The van der Waals surface area contributed by atoms with Gasteiger partial charge in [0.05, 0.1) is 19.0 Å². The molecule has 6 nitrogen and oxygen atoms in total. The first-order valence-electron chi connectivity index (χ1n) is 8.76. The van der Waals surface area contributed by atoms with Crippen molar-refractivity contribution in [2.45, 2.75) is 0 Å². The van der Waals surface area contributed by atoms with Crippen molar-refractivity contribution < 1.29 is 9.53 Å². The molecule has 0 bridgehead atoms. The van der Waals surface area contributed by atoms with Crippen LogP contribution in [0.1, 0.15) is 16.1 Å². The molecule has 3 aromatic carbocycles. The van der Waals surface area contributed by atoms with Crippen molar-refractivity contribution in [3.63, 3.8) is 0 Å².